The number of aromatic nitrogens is 6. The molecule has 2 unspecified atom stereocenters. The Morgan fingerprint density at radius 2 is 1.16 bits per heavy atom. The summed E-state index contributed by atoms with van der Waals surface area (Å²) in [5.41, 5.74) is 10.5. The number of aryl methyl sites for hydroxylation is 2. The molecule has 4 aromatic heterocycles. The fourth-order valence-corrected chi connectivity index (χ4v) is 7.94. The van der Waals surface area contributed by atoms with Gasteiger partial charge in [-0.3, -0.25) is 19.0 Å². The molecule has 8 rings (SSSR count). The highest BCUT2D eigenvalue weighted by atomic mass is 19.1. The molecular weight excluding hydrogens is 640 g/mol. The Morgan fingerprint density at radius 1 is 0.700 bits per heavy atom. The first-order valence-electron chi connectivity index (χ1n) is 17.9. The van der Waals surface area contributed by atoms with Gasteiger partial charge >= 0.3 is 0 Å². The fraction of sp³-hybridized carbons (Fsp3) is 0.514. The van der Waals surface area contributed by atoms with Gasteiger partial charge in [-0.15, -0.1) is 0 Å². The summed E-state index contributed by atoms with van der Waals surface area (Å²) < 4.78 is 33.3. The molecule has 0 spiro atoms. The van der Waals surface area contributed by atoms with Gasteiger partial charge in [0.25, 0.3) is 0 Å². The van der Waals surface area contributed by atoms with Crippen LogP contribution in [0.15, 0.2) is 24.8 Å². The molecule has 0 aromatic carbocycles. The van der Waals surface area contributed by atoms with Crippen molar-refractivity contribution in [3.63, 3.8) is 0 Å². The number of halogens is 2. The number of nitrogens with zero attached hydrogens (tertiary/aromatic N) is 6. The van der Waals surface area contributed by atoms with Crippen LogP contribution in [0.4, 0.5) is 20.4 Å². The normalized spacial score (nSPS) is 22.9. The summed E-state index contributed by atoms with van der Waals surface area (Å²) in [4.78, 5) is 33.7. The number of pyridine rings is 2. The minimum atomic E-state index is -0.411. The highest BCUT2D eigenvalue weighted by Gasteiger charge is 2.34. The number of fused-ring (bicyclic) bond motifs is 2. The molecular formula is C37H45F2N9O2. The molecule has 4 N–H and O–H groups in total. The van der Waals surface area contributed by atoms with E-state index in [1.54, 1.807) is 35.0 Å². The summed E-state index contributed by atoms with van der Waals surface area (Å²) >= 11 is 0. The molecule has 4 aromatic rings. The topological polar surface area (TPSA) is 146 Å². The zero-order valence-corrected chi connectivity index (χ0v) is 28.9. The standard InChI is InChI=1S/C19H23FN4O.C18H22FN5O/c1-11-5-3-4-6-14(11)22-19-17(20)13-7-8-15(25)16(13)18(23-19)12-9-21-24(2)10-12;1-24-9-10(8-21-24)17-15-11(6-7-14(15)25)16(19)18(23-17)22-13-5-3-2-4-12(13)20/h9-11,14H,3-8H2,1-2H3,(H,22,23);8-9,12-13H,2-7,20H2,1H3,(H,22,23)/t11-,14+;/m0./s1. The van der Waals surface area contributed by atoms with E-state index in [9.17, 15) is 14.0 Å². The number of anilines is 2. The Labute approximate surface area is 290 Å². The molecule has 4 atom stereocenters. The van der Waals surface area contributed by atoms with Crippen LogP contribution in [-0.2, 0) is 26.9 Å². The minimum absolute atomic E-state index is 0.00709. The van der Waals surface area contributed by atoms with Crippen LogP contribution in [0.2, 0.25) is 0 Å². The zero-order valence-electron chi connectivity index (χ0n) is 28.9. The van der Waals surface area contributed by atoms with Crippen molar-refractivity contribution < 1.29 is 18.4 Å². The van der Waals surface area contributed by atoms with E-state index < -0.39 is 5.82 Å². The van der Waals surface area contributed by atoms with Gasteiger partial charge in [0, 0.05) is 79.7 Å². The van der Waals surface area contributed by atoms with Crippen molar-refractivity contribution in [2.24, 2.45) is 25.7 Å². The Morgan fingerprint density at radius 3 is 1.62 bits per heavy atom. The van der Waals surface area contributed by atoms with Crippen LogP contribution in [0, 0.1) is 17.6 Å². The lowest BCUT2D eigenvalue weighted by Gasteiger charge is -2.30. The molecule has 4 heterocycles. The van der Waals surface area contributed by atoms with E-state index in [-0.39, 0.29) is 47.1 Å². The number of nitrogens with two attached hydrogens (primary N) is 1. The Kier molecular flexibility index (Phi) is 9.51. The molecule has 264 valence electrons. The van der Waals surface area contributed by atoms with Gasteiger partial charge in [-0.05, 0) is 44.4 Å². The predicted molar refractivity (Wildman–Crippen MR) is 187 cm³/mol. The van der Waals surface area contributed by atoms with Gasteiger partial charge in [0.15, 0.2) is 34.8 Å². The average molecular weight is 686 g/mol. The number of ketones is 2. The smallest absolute Gasteiger partial charge is 0.169 e. The number of carbonyl (C=O) groups is 2. The number of Topliss-reactive ketones (excluding diaryl/α,β-unsaturated/α-hetero) is 2. The first-order chi connectivity index (χ1) is 24.1. The highest BCUT2D eigenvalue weighted by Crippen LogP contribution is 2.38. The van der Waals surface area contributed by atoms with Crippen molar-refractivity contribution in [2.45, 2.75) is 102 Å². The maximum atomic E-state index is 15.0. The third kappa shape index (κ3) is 6.55. The van der Waals surface area contributed by atoms with Gasteiger partial charge in [0.1, 0.15) is 0 Å². The van der Waals surface area contributed by atoms with Crippen LogP contribution < -0.4 is 16.4 Å². The molecule has 2 saturated carbocycles. The average Bonchev–Trinajstić information content (AvgIpc) is 3.91. The molecule has 0 saturated heterocycles. The summed E-state index contributed by atoms with van der Waals surface area (Å²) in [7, 11) is 3.62. The van der Waals surface area contributed by atoms with Crippen molar-refractivity contribution >= 4 is 23.2 Å². The van der Waals surface area contributed by atoms with E-state index in [1.165, 1.54) is 6.42 Å². The van der Waals surface area contributed by atoms with Crippen LogP contribution in [0.25, 0.3) is 22.5 Å². The molecule has 2 fully saturated rings. The monoisotopic (exact) mass is 685 g/mol. The van der Waals surface area contributed by atoms with Gasteiger partial charge in [0.2, 0.25) is 0 Å². The second-order valence-corrected chi connectivity index (χ2v) is 14.3. The predicted octanol–water partition coefficient (Wildman–Crippen LogP) is 6.17. The van der Waals surface area contributed by atoms with Crippen LogP contribution in [0.1, 0.15) is 103 Å². The second kappa shape index (κ2) is 14.0. The maximum absolute atomic E-state index is 15.0. The lowest BCUT2D eigenvalue weighted by atomic mass is 9.86. The number of hydrogen-bond donors (Lipinski definition) is 3. The van der Waals surface area contributed by atoms with Gasteiger partial charge in [-0.1, -0.05) is 32.6 Å². The summed E-state index contributed by atoms with van der Waals surface area (Å²) in [5, 5.41) is 14.9. The van der Waals surface area contributed by atoms with Crippen molar-refractivity contribution in [3.8, 4) is 22.5 Å². The lowest BCUT2D eigenvalue weighted by Crippen LogP contribution is -2.43. The first kappa shape index (κ1) is 34.0. The molecule has 0 amide bonds. The van der Waals surface area contributed by atoms with Gasteiger partial charge < -0.3 is 16.4 Å². The van der Waals surface area contributed by atoms with Gasteiger partial charge in [-0.25, -0.2) is 18.7 Å². The summed E-state index contributed by atoms with van der Waals surface area (Å²) in [6.45, 7) is 2.20. The van der Waals surface area contributed by atoms with Crippen LogP contribution >= 0.6 is 0 Å². The van der Waals surface area contributed by atoms with E-state index >= 15 is 4.39 Å². The fourth-order valence-electron chi connectivity index (χ4n) is 7.94. The summed E-state index contributed by atoms with van der Waals surface area (Å²) in [5.74, 6) is 0.129. The molecule has 4 aliphatic carbocycles. The van der Waals surface area contributed by atoms with Gasteiger partial charge in [-0.2, -0.15) is 10.2 Å². The van der Waals surface area contributed by atoms with Crippen LogP contribution in [-0.4, -0.2) is 59.2 Å². The minimum Gasteiger partial charge on any atom is -0.365 e. The zero-order chi connectivity index (χ0) is 35.1. The molecule has 0 radical (unpaired) electrons. The van der Waals surface area contributed by atoms with E-state index in [0.717, 1.165) is 56.1 Å². The number of carbonyl (C=O) groups excluding carboxylic acids is 2. The summed E-state index contributed by atoms with van der Waals surface area (Å²) in [6, 6.07) is 0.229. The number of hydrogen-bond acceptors (Lipinski definition) is 9. The number of rotatable bonds is 6. The van der Waals surface area contributed by atoms with Crippen LogP contribution in [0.5, 0.6) is 0 Å². The summed E-state index contributed by atoms with van der Waals surface area (Å²) in [6.07, 6.45) is 17.1. The Balaban J connectivity index is 0.000000157. The third-order valence-corrected chi connectivity index (χ3v) is 10.8. The van der Waals surface area contributed by atoms with E-state index in [1.807, 2.05) is 13.2 Å². The first-order valence-corrected chi connectivity index (χ1v) is 17.9. The molecule has 13 heteroatoms. The highest BCUT2D eigenvalue weighted by molar-refractivity contribution is 6.06. The second-order valence-electron chi connectivity index (χ2n) is 14.3. The van der Waals surface area contributed by atoms with E-state index in [0.29, 0.717) is 65.2 Å². The maximum Gasteiger partial charge on any atom is 0.169 e. The van der Waals surface area contributed by atoms with Crippen molar-refractivity contribution in [1.29, 1.82) is 0 Å². The van der Waals surface area contributed by atoms with E-state index in [4.69, 9.17) is 5.73 Å². The molecule has 4 aliphatic rings. The van der Waals surface area contributed by atoms with E-state index in [2.05, 4.69) is 37.7 Å². The quantitative estimate of drug-likeness (QED) is 0.217. The Hall–Kier alpha value is -4.52. The third-order valence-electron chi connectivity index (χ3n) is 10.8. The lowest BCUT2D eigenvalue weighted by molar-refractivity contribution is 0.0986. The van der Waals surface area contributed by atoms with Crippen molar-refractivity contribution in [2.75, 3.05) is 10.6 Å². The molecule has 50 heavy (non-hydrogen) atoms. The largest absolute Gasteiger partial charge is 0.365 e. The van der Waals surface area contributed by atoms with Crippen LogP contribution in [0.3, 0.4) is 0 Å². The van der Waals surface area contributed by atoms with Crippen molar-refractivity contribution in [1.82, 2.24) is 29.5 Å². The SMILES string of the molecule is C[C@H]1CCCC[C@H]1Nc1nc(-c2cnn(C)c2)c2c(c1F)CCC2=O.Cn1cc(-c2nc(NC3CCCCC3N)c(F)c3c2C(=O)CC3)cn1. The Bertz CT molecular complexity index is 1800. The molecule has 0 bridgehead atoms. The number of nitrogens with one attached hydrogen (secondary N) is 2. The molecule has 0 aliphatic heterocycles. The van der Waals surface area contributed by atoms with Crippen molar-refractivity contribution in [3.05, 3.63) is 58.7 Å². The molecule has 11 nitrogen and oxygen atoms in total. The van der Waals surface area contributed by atoms with Gasteiger partial charge in [0.05, 0.1) is 34.9 Å².